The Balaban J connectivity index is 2.16. The van der Waals surface area contributed by atoms with Crippen LogP contribution in [0.1, 0.15) is 42.1 Å². The van der Waals surface area contributed by atoms with Crippen molar-refractivity contribution >= 4 is 0 Å². The molecule has 1 N–H and O–H groups in total. The van der Waals surface area contributed by atoms with Crippen LogP contribution in [0, 0.1) is 6.92 Å². The molecule has 0 radical (unpaired) electrons. The molecule has 0 amide bonds. The first-order valence-corrected chi connectivity index (χ1v) is 7.60. The second-order valence-corrected chi connectivity index (χ2v) is 5.40. The Morgan fingerprint density at radius 1 is 0.950 bits per heavy atom. The minimum atomic E-state index is 0.396. The lowest BCUT2D eigenvalue weighted by Gasteiger charge is -2.19. The smallest absolute Gasteiger partial charge is 0.0360 e. The molecular formula is C19H25N. The lowest BCUT2D eigenvalue weighted by Crippen LogP contribution is -2.23. The number of hydrogen-bond acceptors (Lipinski definition) is 1. The molecule has 0 spiro atoms. The molecule has 2 rings (SSSR count). The van der Waals surface area contributed by atoms with Gasteiger partial charge in [0.1, 0.15) is 0 Å². The summed E-state index contributed by atoms with van der Waals surface area (Å²) in [6.07, 6.45) is 2.15. The summed E-state index contributed by atoms with van der Waals surface area (Å²) < 4.78 is 0. The van der Waals surface area contributed by atoms with Crippen LogP contribution in [0.15, 0.2) is 48.5 Å². The molecular weight excluding hydrogens is 242 g/mol. The van der Waals surface area contributed by atoms with Crippen LogP contribution in [-0.2, 0) is 12.8 Å². The summed E-state index contributed by atoms with van der Waals surface area (Å²) in [5.41, 5.74) is 5.51. The summed E-state index contributed by atoms with van der Waals surface area (Å²) in [7, 11) is 0. The van der Waals surface area contributed by atoms with Gasteiger partial charge in [-0.25, -0.2) is 0 Å². The van der Waals surface area contributed by atoms with E-state index in [1.54, 1.807) is 0 Å². The number of likely N-dealkylation sites (N-methyl/N-ethyl adjacent to an activating group) is 1. The van der Waals surface area contributed by atoms with Gasteiger partial charge < -0.3 is 5.32 Å². The molecule has 0 aliphatic rings. The maximum Gasteiger partial charge on any atom is 0.0360 e. The van der Waals surface area contributed by atoms with Crippen LogP contribution in [0.3, 0.4) is 0 Å². The zero-order chi connectivity index (χ0) is 14.4. The van der Waals surface area contributed by atoms with Crippen LogP contribution in [0.5, 0.6) is 0 Å². The quantitative estimate of drug-likeness (QED) is 0.815. The highest BCUT2D eigenvalue weighted by atomic mass is 14.9. The van der Waals surface area contributed by atoms with E-state index in [2.05, 4.69) is 74.6 Å². The molecule has 0 saturated heterocycles. The molecule has 0 aliphatic carbocycles. The van der Waals surface area contributed by atoms with Crippen molar-refractivity contribution in [2.45, 2.75) is 39.7 Å². The Morgan fingerprint density at radius 3 is 2.25 bits per heavy atom. The average Bonchev–Trinajstić information content (AvgIpc) is 2.47. The maximum atomic E-state index is 3.60. The fraction of sp³-hybridized carbons (Fsp3) is 0.368. The van der Waals surface area contributed by atoms with Crippen molar-refractivity contribution in [1.29, 1.82) is 0 Å². The Hall–Kier alpha value is -1.60. The number of hydrogen-bond donors (Lipinski definition) is 1. The molecule has 0 heterocycles. The first-order valence-electron chi connectivity index (χ1n) is 7.60. The van der Waals surface area contributed by atoms with E-state index >= 15 is 0 Å². The summed E-state index contributed by atoms with van der Waals surface area (Å²) >= 11 is 0. The summed E-state index contributed by atoms with van der Waals surface area (Å²) in [4.78, 5) is 0. The summed E-state index contributed by atoms with van der Waals surface area (Å²) in [5, 5.41) is 3.60. The van der Waals surface area contributed by atoms with Crippen molar-refractivity contribution < 1.29 is 0 Å². The molecule has 1 heteroatoms. The first kappa shape index (κ1) is 14.8. The van der Waals surface area contributed by atoms with E-state index in [-0.39, 0.29) is 0 Å². The highest BCUT2D eigenvalue weighted by Gasteiger charge is 2.11. The van der Waals surface area contributed by atoms with Crippen molar-refractivity contribution in [3.05, 3.63) is 70.8 Å². The minimum Gasteiger partial charge on any atom is -0.310 e. The minimum absolute atomic E-state index is 0.396. The van der Waals surface area contributed by atoms with E-state index in [0.717, 1.165) is 19.4 Å². The van der Waals surface area contributed by atoms with Gasteiger partial charge in [-0.2, -0.15) is 0 Å². The lowest BCUT2D eigenvalue weighted by atomic mass is 9.97. The predicted octanol–water partition coefficient (Wildman–Crippen LogP) is 4.45. The molecule has 0 bridgehead atoms. The van der Waals surface area contributed by atoms with Gasteiger partial charge in [0.25, 0.3) is 0 Å². The van der Waals surface area contributed by atoms with Crippen LogP contribution in [0.4, 0.5) is 0 Å². The molecule has 2 aromatic rings. The highest BCUT2D eigenvalue weighted by Crippen LogP contribution is 2.20. The van der Waals surface area contributed by atoms with Gasteiger partial charge in [0.2, 0.25) is 0 Å². The van der Waals surface area contributed by atoms with Crippen molar-refractivity contribution in [2.24, 2.45) is 0 Å². The fourth-order valence-corrected chi connectivity index (χ4v) is 2.59. The van der Waals surface area contributed by atoms with E-state index in [0.29, 0.717) is 6.04 Å². The highest BCUT2D eigenvalue weighted by molar-refractivity contribution is 5.29. The second-order valence-electron chi connectivity index (χ2n) is 5.40. The summed E-state index contributed by atoms with van der Waals surface area (Å²) in [6, 6.07) is 18.2. The van der Waals surface area contributed by atoms with E-state index in [4.69, 9.17) is 0 Å². The summed E-state index contributed by atoms with van der Waals surface area (Å²) in [6.45, 7) is 7.51. The molecule has 0 fully saturated rings. The average molecular weight is 267 g/mol. The van der Waals surface area contributed by atoms with Crippen molar-refractivity contribution in [3.8, 4) is 0 Å². The van der Waals surface area contributed by atoms with Gasteiger partial charge in [0.15, 0.2) is 0 Å². The van der Waals surface area contributed by atoms with E-state index in [1.807, 2.05) is 0 Å². The van der Waals surface area contributed by atoms with E-state index in [1.165, 1.54) is 22.3 Å². The first-order chi connectivity index (χ1) is 9.72. The van der Waals surface area contributed by atoms with Gasteiger partial charge in [-0.1, -0.05) is 67.9 Å². The van der Waals surface area contributed by atoms with Gasteiger partial charge in [-0.15, -0.1) is 0 Å². The van der Waals surface area contributed by atoms with Gasteiger partial charge in [-0.05, 0) is 43.0 Å². The van der Waals surface area contributed by atoms with Crippen molar-refractivity contribution in [3.63, 3.8) is 0 Å². The third-order valence-corrected chi connectivity index (χ3v) is 3.77. The molecule has 2 aromatic carbocycles. The Morgan fingerprint density at radius 2 is 1.65 bits per heavy atom. The van der Waals surface area contributed by atoms with Crippen LogP contribution in [0.2, 0.25) is 0 Å². The van der Waals surface area contributed by atoms with Gasteiger partial charge in [0.05, 0.1) is 0 Å². The topological polar surface area (TPSA) is 12.0 Å². The van der Waals surface area contributed by atoms with Crippen LogP contribution in [-0.4, -0.2) is 6.54 Å². The molecule has 0 aromatic heterocycles. The lowest BCUT2D eigenvalue weighted by molar-refractivity contribution is 0.549. The van der Waals surface area contributed by atoms with Gasteiger partial charge >= 0.3 is 0 Å². The zero-order valence-corrected chi connectivity index (χ0v) is 12.8. The maximum absolute atomic E-state index is 3.60. The Bertz CT molecular complexity index is 528. The van der Waals surface area contributed by atoms with Gasteiger partial charge in [0, 0.05) is 6.04 Å². The molecule has 20 heavy (non-hydrogen) atoms. The van der Waals surface area contributed by atoms with Crippen LogP contribution in [0.25, 0.3) is 0 Å². The number of rotatable bonds is 6. The second kappa shape index (κ2) is 7.25. The number of aryl methyl sites for hydroxylation is 2. The normalized spacial score (nSPS) is 12.3. The third kappa shape index (κ3) is 3.94. The predicted molar refractivity (Wildman–Crippen MR) is 87.1 cm³/mol. The fourth-order valence-electron chi connectivity index (χ4n) is 2.59. The number of benzene rings is 2. The third-order valence-electron chi connectivity index (χ3n) is 3.77. The molecule has 106 valence electrons. The summed E-state index contributed by atoms with van der Waals surface area (Å²) in [5.74, 6) is 0. The van der Waals surface area contributed by atoms with Crippen LogP contribution < -0.4 is 5.32 Å². The monoisotopic (exact) mass is 267 g/mol. The Kier molecular flexibility index (Phi) is 5.37. The van der Waals surface area contributed by atoms with Crippen molar-refractivity contribution in [2.75, 3.05) is 6.54 Å². The SMILES string of the molecule is CCNC(Cc1ccc(CC)cc1)c1cccc(C)c1. The van der Waals surface area contributed by atoms with E-state index < -0.39 is 0 Å². The van der Waals surface area contributed by atoms with Gasteiger partial charge in [-0.3, -0.25) is 0 Å². The number of nitrogens with one attached hydrogen (secondary N) is 1. The molecule has 1 atom stereocenters. The molecule has 1 nitrogen and oxygen atoms in total. The Labute approximate surface area is 123 Å². The zero-order valence-electron chi connectivity index (χ0n) is 12.8. The molecule has 0 aliphatic heterocycles. The largest absolute Gasteiger partial charge is 0.310 e. The molecule has 0 saturated carbocycles. The molecule has 1 unspecified atom stereocenters. The van der Waals surface area contributed by atoms with Crippen molar-refractivity contribution in [1.82, 2.24) is 5.32 Å². The standard InChI is InChI=1S/C19H25N/c1-4-16-9-11-17(12-10-16)14-19(20-5-2)18-8-6-7-15(3)13-18/h6-13,19-20H,4-5,14H2,1-3H3. The van der Waals surface area contributed by atoms with Crippen LogP contribution >= 0.6 is 0 Å². The van der Waals surface area contributed by atoms with E-state index in [9.17, 15) is 0 Å².